The zero-order valence-corrected chi connectivity index (χ0v) is 8.38. The molecule has 0 unspecified atom stereocenters. The maximum atomic E-state index is 13.1. The molecule has 0 heterocycles. The van der Waals surface area contributed by atoms with Crippen molar-refractivity contribution < 1.29 is 14.4 Å². The number of hydroxylamine groups is 1. The van der Waals surface area contributed by atoms with Crippen molar-refractivity contribution in [1.29, 1.82) is 0 Å². The maximum absolute atomic E-state index is 13.1. The van der Waals surface area contributed by atoms with Crippen LogP contribution in [0.3, 0.4) is 0 Å². The first kappa shape index (κ1) is 11.6. The first-order valence-electron chi connectivity index (χ1n) is 4.52. The van der Waals surface area contributed by atoms with Gasteiger partial charge in [0.15, 0.2) is 0 Å². The summed E-state index contributed by atoms with van der Waals surface area (Å²) in [5.41, 5.74) is 2.84. The molecule has 0 aromatic heterocycles. The molecule has 4 nitrogen and oxygen atoms in total. The molecule has 1 aromatic rings. The lowest BCUT2D eigenvalue weighted by atomic mass is 10.1. The molecule has 1 amide bonds. The maximum Gasteiger partial charge on any atom is 0.257 e. The van der Waals surface area contributed by atoms with Gasteiger partial charge in [-0.1, -0.05) is 12.1 Å². The van der Waals surface area contributed by atoms with Crippen molar-refractivity contribution in [2.24, 2.45) is 0 Å². The lowest BCUT2D eigenvalue weighted by Gasteiger charge is -2.04. The molecule has 0 saturated heterocycles. The second kappa shape index (κ2) is 5.43. The molecule has 82 valence electrons. The van der Waals surface area contributed by atoms with E-state index < -0.39 is 5.91 Å². The number of nitrogens with one attached hydrogen (secondary N) is 2. The summed E-state index contributed by atoms with van der Waals surface area (Å²) in [5.74, 6) is -0.788. The van der Waals surface area contributed by atoms with E-state index in [1.807, 2.05) is 0 Å². The summed E-state index contributed by atoms with van der Waals surface area (Å²) in [7, 11) is 0. The molecule has 0 aliphatic rings. The summed E-state index contributed by atoms with van der Waals surface area (Å²) in [6.07, 6.45) is 0. The van der Waals surface area contributed by atoms with Crippen molar-refractivity contribution in [1.82, 2.24) is 10.8 Å². The van der Waals surface area contributed by atoms with E-state index in [0.29, 0.717) is 12.1 Å². The Balaban J connectivity index is 2.44. The molecule has 5 heteroatoms. The van der Waals surface area contributed by atoms with E-state index in [-0.39, 0.29) is 12.4 Å². The van der Waals surface area contributed by atoms with Crippen molar-refractivity contribution in [3.05, 3.63) is 35.1 Å². The van der Waals surface area contributed by atoms with E-state index in [1.54, 1.807) is 19.1 Å². The third-order valence-corrected chi connectivity index (χ3v) is 1.98. The van der Waals surface area contributed by atoms with Crippen molar-refractivity contribution >= 4 is 5.91 Å². The fraction of sp³-hybridized carbons (Fsp3) is 0.300. The van der Waals surface area contributed by atoms with E-state index in [0.717, 1.165) is 5.56 Å². The van der Waals surface area contributed by atoms with Gasteiger partial charge in [-0.15, -0.1) is 0 Å². The molecule has 1 aromatic carbocycles. The van der Waals surface area contributed by atoms with Gasteiger partial charge in [0.05, 0.1) is 6.54 Å². The number of hydrogen-bond acceptors (Lipinski definition) is 3. The molecule has 0 spiro atoms. The molecule has 15 heavy (non-hydrogen) atoms. The van der Waals surface area contributed by atoms with Crippen molar-refractivity contribution in [3.63, 3.8) is 0 Å². The van der Waals surface area contributed by atoms with Crippen molar-refractivity contribution in [3.8, 4) is 0 Å². The zero-order valence-electron chi connectivity index (χ0n) is 8.38. The predicted octanol–water partition coefficient (Wildman–Crippen LogP) is 0.729. The van der Waals surface area contributed by atoms with Gasteiger partial charge < -0.3 is 5.32 Å². The number of benzene rings is 1. The molecule has 0 bridgehead atoms. The minimum absolute atomic E-state index is 0.00794. The fourth-order valence-corrected chi connectivity index (χ4v) is 1.11. The Labute approximate surface area is 87.1 Å². The predicted molar refractivity (Wildman–Crippen MR) is 52.8 cm³/mol. The average Bonchev–Trinajstić information content (AvgIpc) is 2.23. The highest BCUT2D eigenvalue weighted by Crippen LogP contribution is 2.08. The van der Waals surface area contributed by atoms with Crippen LogP contribution in [0.4, 0.5) is 4.39 Å². The number of carbonyl (C=O) groups excluding carboxylic acids is 1. The Hall–Kier alpha value is -1.46. The molecule has 0 atom stereocenters. The highest BCUT2D eigenvalue weighted by molar-refractivity contribution is 5.76. The lowest BCUT2D eigenvalue weighted by molar-refractivity contribution is -0.128. The average molecular weight is 212 g/mol. The Morgan fingerprint density at radius 1 is 1.53 bits per heavy atom. The third kappa shape index (κ3) is 3.65. The highest BCUT2D eigenvalue weighted by atomic mass is 19.1. The second-order valence-electron chi connectivity index (χ2n) is 3.22. The quantitative estimate of drug-likeness (QED) is 0.509. The van der Waals surface area contributed by atoms with E-state index in [1.165, 1.54) is 11.5 Å². The number of hydrogen-bond donors (Lipinski definition) is 3. The Morgan fingerprint density at radius 2 is 2.27 bits per heavy atom. The standard InChI is InChI=1S/C10H13FN2O2/c1-7-2-3-8(4-9(7)11)5-12-6-10(14)13-15/h2-4,12,15H,5-6H2,1H3,(H,13,14). The lowest BCUT2D eigenvalue weighted by Crippen LogP contribution is -2.31. The molecule has 3 N–H and O–H groups in total. The van der Waals surface area contributed by atoms with Crippen LogP contribution in [0.15, 0.2) is 18.2 Å². The summed E-state index contributed by atoms with van der Waals surface area (Å²) < 4.78 is 13.1. The van der Waals surface area contributed by atoms with Gasteiger partial charge in [0, 0.05) is 6.54 Å². The Kier molecular flexibility index (Phi) is 4.20. The molecular weight excluding hydrogens is 199 g/mol. The van der Waals surface area contributed by atoms with Gasteiger partial charge in [-0.2, -0.15) is 0 Å². The normalized spacial score (nSPS) is 10.1. The molecule has 0 saturated carbocycles. The SMILES string of the molecule is Cc1ccc(CNCC(=O)NO)cc1F. The van der Waals surface area contributed by atoms with Crippen LogP contribution >= 0.6 is 0 Å². The molecule has 0 aliphatic carbocycles. The topological polar surface area (TPSA) is 61.4 Å². The smallest absolute Gasteiger partial charge is 0.257 e. The van der Waals surface area contributed by atoms with Gasteiger partial charge >= 0.3 is 0 Å². The van der Waals surface area contributed by atoms with Crippen LogP contribution in [0.1, 0.15) is 11.1 Å². The van der Waals surface area contributed by atoms with Crippen molar-refractivity contribution in [2.75, 3.05) is 6.54 Å². The van der Waals surface area contributed by atoms with E-state index in [4.69, 9.17) is 5.21 Å². The summed E-state index contributed by atoms with van der Waals surface area (Å²) in [5, 5.41) is 11.0. The van der Waals surface area contributed by atoms with Crippen LogP contribution in [-0.2, 0) is 11.3 Å². The van der Waals surface area contributed by atoms with Crippen molar-refractivity contribution in [2.45, 2.75) is 13.5 Å². The minimum Gasteiger partial charge on any atom is -0.304 e. The van der Waals surface area contributed by atoms with Crippen LogP contribution in [0.25, 0.3) is 0 Å². The summed E-state index contributed by atoms with van der Waals surface area (Å²) in [6.45, 7) is 2.06. The fourth-order valence-electron chi connectivity index (χ4n) is 1.11. The number of halogens is 1. The Bertz CT molecular complexity index is 355. The van der Waals surface area contributed by atoms with Crippen LogP contribution in [0.2, 0.25) is 0 Å². The number of aryl methyl sites for hydroxylation is 1. The number of rotatable bonds is 4. The first-order valence-corrected chi connectivity index (χ1v) is 4.52. The van der Waals surface area contributed by atoms with Crippen LogP contribution in [0, 0.1) is 12.7 Å². The van der Waals surface area contributed by atoms with Gasteiger partial charge in [-0.25, -0.2) is 9.87 Å². The molecule has 0 fully saturated rings. The first-order chi connectivity index (χ1) is 7.13. The second-order valence-corrected chi connectivity index (χ2v) is 3.22. The molecular formula is C10H13FN2O2. The Morgan fingerprint density at radius 3 is 2.87 bits per heavy atom. The highest BCUT2D eigenvalue weighted by Gasteiger charge is 2.01. The van der Waals surface area contributed by atoms with Gasteiger partial charge in [0.1, 0.15) is 5.82 Å². The number of amides is 1. The molecule has 0 radical (unpaired) electrons. The van der Waals surface area contributed by atoms with Gasteiger partial charge in [-0.3, -0.25) is 10.0 Å². The van der Waals surface area contributed by atoms with E-state index in [2.05, 4.69) is 5.32 Å². The van der Waals surface area contributed by atoms with Crippen LogP contribution in [0.5, 0.6) is 0 Å². The monoisotopic (exact) mass is 212 g/mol. The zero-order chi connectivity index (χ0) is 11.3. The third-order valence-electron chi connectivity index (χ3n) is 1.98. The van der Waals surface area contributed by atoms with Gasteiger partial charge in [0.2, 0.25) is 0 Å². The minimum atomic E-state index is -0.525. The summed E-state index contributed by atoms with van der Waals surface area (Å²) >= 11 is 0. The van der Waals surface area contributed by atoms with Gasteiger partial charge in [-0.05, 0) is 24.1 Å². The van der Waals surface area contributed by atoms with Crippen LogP contribution in [-0.4, -0.2) is 17.7 Å². The van der Waals surface area contributed by atoms with E-state index in [9.17, 15) is 9.18 Å². The van der Waals surface area contributed by atoms with E-state index >= 15 is 0 Å². The van der Waals surface area contributed by atoms with Crippen LogP contribution < -0.4 is 10.8 Å². The molecule has 0 aliphatic heterocycles. The number of carbonyl (C=O) groups is 1. The van der Waals surface area contributed by atoms with Gasteiger partial charge in [0.25, 0.3) is 5.91 Å². The summed E-state index contributed by atoms with van der Waals surface area (Å²) in [6, 6.07) is 4.87. The summed E-state index contributed by atoms with van der Waals surface area (Å²) in [4.78, 5) is 10.6. The largest absolute Gasteiger partial charge is 0.304 e. The molecule has 1 rings (SSSR count).